The lowest BCUT2D eigenvalue weighted by Gasteiger charge is -2.30. The zero-order valence-corrected chi connectivity index (χ0v) is 23.7. The van der Waals surface area contributed by atoms with Crippen LogP contribution in [0.4, 0.5) is 11.4 Å². The second-order valence-corrected chi connectivity index (χ2v) is 12.8. The molecule has 1 nitrogen and oxygen atoms in total. The summed E-state index contributed by atoms with van der Waals surface area (Å²) in [5, 5.41) is 12.1. The number of anilines is 2. The van der Waals surface area contributed by atoms with Crippen molar-refractivity contribution in [3.05, 3.63) is 143 Å². The summed E-state index contributed by atoms with van der Waals surface area (Å²) >= 11 is 1.98. The van der Waals surface area contributed by atoms with Gasteiger partial charge >= 0.3 is 0 Å². The van der Waals surface area contributed by atoms with Gasteiger partial charge in [0.05, 0.1) is 6.04 Å². The Bertz CT molecular complexity index is 2450. The Hall–Kier alpha value is -4.92. The van der Waals surface area contributed by atoms with Gasteiger partial charge in [-0.2, -0.15) is 0 Å². The molecule has 1 unspecified atom stereocenters. The molecule has 1 aliphatic carbocycles. The highest BCUT2D eigenvalue weighted by Crippen LogP contribution is 2.52. The lowest BCUT2D eigenvalue weighted by molar-refractivity contribution is 0.819. The van der Waals surface area contributed by atoms with Crippen LogP contribution >= 0.6 is 11.3 Å². The molecule has 0 amide bonds. The molecule has 0 fully saturated rings. The Morgan fingerprint density at radius 1 is 0.571 bits per heavy atom. The number of para-hydroxylation sites is 2. The van der Waals surface area contributed by atoms with Crippen molar-refractivity contribution in [2.75, 3.05) is 4.90 Å². The monoisotopic (exact) mass is 551 g/mol. The summed E-state index contributed by atoms with van der Waals surface area (Å²) in [5.74, 6) is 0. The number of fused-ring (bicyclic) bond motifs is 14. The van der Waals surface area contributed by atoms with E-state index in [1.54, 1.807) is 0 Å². The minimum Gasteiger partial charge on any atom is -0.333 e. The average Bonchev–Trinajstić information content (AvgIpc) is 3.58. The van der Waals surface area contributed by atoms with E-state index < -0.39 is 0 Å². The van der Waals surface area contributed by atoms with E-state index in [9.17, 15) is 0 Å². The summed E-state index contributed by atoms with van der Waals surface area (Å²) < 4.78 is 1.38. The first kappa shape index (κ1) is 22.7. The van der Waals surface area contributed by atoms with E-state index in [1.807, 2.05) is 11.3 Å². The molecule has 0 spiro atoms. The molecule has 1 aliphatic heterocycles. The molecule has 1 atom stereocenters. The minimum atomic E-state index is 0.306. The first-order valence-corrected chi connectivity index (χ1v) is 15.5. The van der Waals surface area contributed by atoms with Gasteiger partial charge in [0.2, 0.25) is 0 Å². The van der Waals surface area contributed by atoms with Gasteiger partial charge < -0.3 is 4.90 Å². The van der Waals surface area contributed by atoms with Gasteiger partial charge in [0.15, 0.2) is 0 Å². The number of rotatable bonds is 1. The molecule has 7 aromatic carbocycles. The van der Waals surface area contributed by atoms with Gasteiger partial charge in [0, 0.05) is 38.3 Å². The van der Waals surface area contributed by atoms with Gasteiger partial charge in [-0.15, -0.1) is 11.3 Å². The first-order valence-electron chi connectivity index (χ1n) is 14.7. The third-order valence-electron chi connectivity index (χ3n) is 9.49. The fourth-order valence-electron chi connectivity index (χ4n) is 7.72. The van der Waals surface area contributed by atoms with Crippen LogP contribution in [0.1, 0.15) is 16.0 Å². The van der Waals surface area contributed by atoms with Crippen LogP contribution in [0.3, 0.4) is 0 Å². The van der Waals surface area contributed by atoms with E-state index in [2.05, 4.69) is 138 Å². The molecule has 2 heterocycles. The van der Waals surface area contributed by atoms with Crippen LogP contribution in [-0.4, -0.2) is 6.04 Å². The summed E-state index contributed by atoms with van der Waals surface area (Å²) in [5.41, 5.74) is 6.79. The Labute approximate surface area is 247 Å². The SMILES string of the molecule is C1=C2c3ccccc3N(c3ccccc3)C2Cc2sc3ccc4c5cc6ccccc6cc5c5ccccc5c4c3c21. The molecule has 2 heteroatoms. The number of nitrogens with zero attached hydrogens (tertiary/aromatic N) is 1. The molecule has 10 rings (SSSR count). The van der Waals surface area contributed by atoms with Gasteiger partial charge in [0.1, 0.15) is 0 Å². The second kappa shape index (κ2) is 8.31. The van der Waals surface area contributed by atoms with E-state index in [-0.39, 0.29) is 0 Å². The predicted molar refractivity (Wildman–Crippen MR) is 182 cm³/mol. The van der Waals surface area contributed by atoms with Crippen molar-refractivity contribution in [1.82, 2.24) is 0 Å². The molecule has 196 valence electrons. The summed E-state index contributed by atoms with van der Waals surface area (Å²) in [7, 11) is 0. The number of hydrogen-bond donors (Lipinski definition) is 0. The van der Waals surface area contributed by atoms with Gasteiger partial charge in [-0.05, 0) is 96.7 Å². The Morgan fingerprint density at radius 2 is 1.24 bits per heavy atom. The van der Waals surface area contributed by atoms with Crippen molar-refractivity contribution in [1.29, 1.82) is 0 Å². The predicted octanol–water partition coefficient (Wildman–Crippen LogP) is 11.1. The van der Waals surface area contributed by atoms with Gasteiger partial charge in [-0.3, -0.25) is 0 Å². The maximum absolute atomic E-state index is 2.56. The standard InChI is InChI=1S/C40H25NS/c1-2-12-26(13-3-1)41-35-17-9-8-15-28(35)33-22-34-38(23-36(33)41)42-37-19-18-30-32-21-25-11-5-4-10-24(25)20-31(32)27-14-6-7-16-29(27)39(30)40(34)37/h1-22,36H,23H2. The van der Waals surface area contributed by atoms with E-state index in [4.69, 9.17) is 0 Å². The first-order chi connectivity index (χ1) is 20.8. The molecule has 0 saturated carbocycles. The lowest BCUT2D eigenvalue weighted by Crippen LogP contribution is -2.30. The summed E-state index contributed by atoms with van der Waals surface area (Å²) in [6.45, 7) is 0. The van der Waals surface area contributed by atoms with Gasteiger partial charge in [-0.1, -0.05) is 91.0 Å². The fraction of sp³-hybridized carbons (Fsp3) is 0.0500. The Morgan fingerprint density at radius 3 is 2.07 bits per heavy atom. The van der Waals surface area contributed by atoms with E-state index in [0.717, 1.165) is 6.42 Å². The smallest absolute Gasteiger partial charge is 0.0647 e. The highest BCUT2D eigenvalue weighted by Gasteiger charge is 2.38. The van der Waals surface area contributed by atoms with Crippen LogP contribution in [0.25, 0.3) is 64.8 Å². The number of hydrogen-bond acceptors (Lipinski definition) is 2. The van der Waals surface area contributed by atoms with Crippen LogP contribution in [0.15, 0.2) is 127 Å². The molecular formula is C40H25NS. The zero-order valence-electron chi connectivity index (χ0n) is 22.8. The van der Waals surface area contributed by atoms with Crippen molar-refractivity contribution in [2.45, 2.75) is 12.5 Å². The van der Waals surface area contributed by atoms with Crippen molar-refractivity contribution in [2.24, 2.45) is 0 Å². The second-order valence-electron chi connectivity index (χ2n) is 11.6. The highest BCUT2D eigenvalue weighted by molar-refractivity contribution is 7.19. The maximum atomic E-state index is 2.56. The van der Waals surface area contributed by atoms with Crippen molar-refractivity contribution >= 4 is 87.5 Å². The topological polar surface area (TPSA) is 3.24 Å². The van der Waals surface area contributed by atoms with Gasteiger partial charge in [-0.25, -0.2) is 0 Å². The highest BCUT2D eigenvalue weighted by atomic mass is 32.1. The molecule has 0 bridgehead atoms. The summed E-state index contributed by atoms with van der Waals surface area (Å²) in [6.07, 6.45) is 3.55. The molecule has 1 aromatic heterocycles. The van der Waals surface area contributed by atoms with Crippen molar-refractivity contribution in [3.8, 4) is 0 Å². The quantitative estimate of drug-likeness (QED) is 0.145. The largest absolute Gasteiger partial charge is 0.333 e. The van der Waals surface area contributed by atoms with E-state index in [0.29, 0.717) is 6.04 Å². The van der Waals surface area contributed by atoms with E-state index >= 15 is 0 Å². The van der Waals surface area contributed by atoms with Crippen LogP contribution < -0.4 is 4.90 Å². The molecular weight excluding hydrogens is 527 g/mol. The van der Waals surface area contributed by atoms with E-state index in [1.165, 1.54) is 86.1 Å². The molecule has 0 radical (unpaired) electrons. The van der Waals surface area contributed by atoms with Gasteiger partial charge in [0.25, 0.3) is 0 Å². The minimum absolute atomic E-state index is 0.306. The number of benzene rings is 7. The molecule has 2 aliphatic rings. The van der Waals surface area contributed by atoms with Crippen molar-refractivity contribution in [3.63, 3.8) is 0 Å². The van der Waals surface area contributed by atoms with Crippen LogP contribution in [-0.2, 0) is 6.42 Å². The third kappa shape index (κ3) is 2.97. The normalized spacial score (nSPS) is 15.9. The summed E-state index contributed by atoms with van der Waals surface area (Å²) in [6, 6.07) is 47.5. The molecule has 0 saturated heterocycles. The maximum Gasteiger partial charge on any atom is 0.0647 e. The lowest BCUT2D eigenvalue weighted by atomic mass is 9.86. The Balaban J connectivity index is 1.31. The fourth-order valence-corrected chi connectivity index (χ4v) is 8.95. The van der Waals surface area contributed by atoms with Crippen LogP contribution in [0.2, 0.25) is 0 Å². The zero-order chi connectivity index (χ0) is 27.4. The van der Waals surface area contributed by atoms with Crippen LogP contribution in [0, 0.1) is 0 Å². The van der Waals surface area contributed by atoms with Crippen molar-refractivity contribution < 1.29 is 0 Å². The number of thiophene rings is 1. The molecule has 42 heavy (non-hydrogen) atoms. The molecule has 8 aromatic rings. The summed E-state index contributed by atoms with van der Waals surface area (Å²) in [4.78, 5) is 4.04. The van der Waals surface area contributed by atoms with Crippen LogP contribution in [0.5, 0.6) is 0 Å². The Kier molecular flexibility index (Phi) is 4.50. The average molecular weight is 552 g/mol. The third-order valence-corrected chi connectivity index (χ3v) is 10.7. The molecule has 0 N–H and O–H groups in total.